The van der Waals surface area contributed by atoms with Crippen LogP contribution in [-0.2, 0) is 6.54 Å². The van der Waals surface area contributed by atoms with Crippen molar-refractivity contribution in [3.05, 3.63) is 131 Å². The van der Waals surface area contributed by atoms with Gasteiger partial charge in [-0.1, -0.05) is 90.5 Å². The van der Waals surface area contributed by atoms with Gasteiger partial charge in [0.25, 0.3) is 5.91 Å². The molecule has 1 heterocycles. The maximum Gasteiger partial charge on any atom is 0.256 e. The van der Waals surface area contributed by atoms with Gasteiger partial charge in [-0.05, 0) is 29.3 Å². The fourth-order valence-corrected chi connectivity index (χ4v) is 4.06. The van der Waals surface area contributed by atoms with Crippen molar-refractivity contribution in [1.82, 2.24) is 9.78 Å². The fraction of sp³-hybridized carbons (Fsp3) is 0.0690. The molecular weight excluding hydrogens is 422 g/mol. The first kappa shape index (κ1) is 21.3. The van der Waals surface area contributed by atoms with Crippen LogP contribution in [-0.4, -0.2) is 21.5 Å². The Morgan fingerprint density at radius 1 is 0.824 bits per heavy atom. The van der Waals surface area contributed by atoms with E-state index in [2.05, 4.69) is 34.7 Å². The Labute approximate surface area is 197 Å². The van der Waals surface area contributed by atoms with Gasteiger partial charge in [0, 0.05) is 17.3 Å². The van der Waals surface area contributed by atoms with Crippen molar-refractivity contribution in [2.75, 3.05) is 5.32 Å². The Kier molecular flexibility index (Phi) is 5.75. The van der Waals surface area contributed by atoms with Gasteiger partial charge in [0.1, 0.15) is 0 Å². The molecule has 0 fully saturated rings. The summed E-state index contributed by atoms with van der Waals surface area (Å²) in [5.74, 6) is -0.529. The third kappa shape index (κ3) is 4.36. The summed E-state index contributed by atoms with van der Waals surface area (Å²) in [6.45, 7) is 2.55. The zero-order chi connectivity index (χ0) is 23.5. The molecule has 166 valence electrons. The van der Waals surface area contributed by atoms with Crippen LogP contribution in [0.5, 0.6) is 0 Å². The smallest absolute Gasteiger partial charge is 0.256 e. The van der Waals surface area contributed by atoms with Gasteiger partial charge in [-0.3, -0.25) is 14.3 Å². The predicted octanol–water partition coefficient (Wildman–Crippen LogP) is 5.88. The molecule has 0 bridgehead atoms. The van der Waals surface area contributed by atoms with Crippen molar-refractivity contribution < 1.29 is 9.59 Å². The number of nitrogens with zero attached hydrogens (tertiary/aromatic N) is 2. The average molecular weight is 446 g/mol. The lowest BCUT2D eigenvalue weighted by Gasteiger charge is -2.09. The van der Waals surface area contributed by atoms with Crippen LogP contribution in [0.3, 0.4) is 0 Å². The largest absolute Gasteiger partial charge is 0.319 e. The summed E-state index contributed by atoms with van der Waals surface area (Å²) < 4.78 is 1.79. The maximum atomic E-state index is 13.1. The molecule has 0 saturated heterocycles. The van der Waals surface area contributed by atoms with Crippen LogP contribution in [0.2, 0.25) is 0 Å². The van der Waals surface area contributed by atoms with Crippen molar-refractivity contribution in [3.63, 3.8) is 0 Å². The van der Waals surface area contributed by atoms with Gasteiger partial charge < -0.3 is 5.32 Å². The van der Waals surface area contributed by atoms with Gasteiger partial charge in [-0.15, -0.1) is 0 Å². The van der Waals surface area contributed by atoms with E-state index in [0.717, 1.165) is 11.1 Å². The van der Waals surface area contributed by atoms with Crippen LogP contribution < -0.4 is 5.32 Å². The monoisotopic (exact) mass is 445 g/mol. The Hall–Kier alpha value is -4.51. The number of hydrogen-bond acceptors (Lipinski definition) is 3. The predicted molar refractivity (Wildman–Crippen MR) is 134 cm³/mol. The fourth-order valence-electron chi connectivity index (χ4n) is 4.06. The molecule has 5 heteroatoms. The van der Waals surface area contributed by atoms with E-state index in [0.29, 0.717) is 28.9 Å². The zero-order valence-corrected chi connectivity index (χ0v) is 18.7. The lowest BCUT2D eigenvalue weighted by atomic mass is 9.97. The molecule has 0 aliphatic heterocycles. The molecule has 1 N–H and O–H groups in total. The SMILES string of the molecule is Cc1ccc(C(=O)c2ccccc2C(=O)Nc2cnn(Cc3cccc4ccccc34)c2)cc1. The average Bonchev–Trinajstić information content (AvgIpc) is 3.31. The minimum atomic E-state index is -0.347. The van der Waals surface area contributed by atoms with Crippen LogP contribution in [0.4, 0.5) is 5.69 Å². The number of rotatable bonds is 6. The third-order valence-corrected chi connectivity index (χ3v) is 5.83. The second kappa shape index (κ2) is 9.16. The quantitative estimate of drug-likeness (QED) is 0.332. The molecule has 0 radical (unpaired) electrons. The first-order chi connectivity index (χ1) is 16.6. The molecule has 0 aliphatic rings. The van der Waals surface area contributed by atoms with Crippen molar-refractivity contribution in [2.45, 2.75) is 13.5 Å². The van der Waals surface area contributed by atoms with Crippen LogP contribution in [0.25, 0.3) is 10.8 Å². The van der Waals surface area contributed by atoms with E-state index in [1.165, 1.54) is 10.8 Å². The number of carbonyl (C=O) groups is 2. The van der Waals surface area contributed by atoms with E-state index in [9.17, 15) is 9.59 Å². The number of amides is 1. The molecule has 5 aromatic rings. The minimum Gasteiger partial charge on any atom is -0.319 e. The molecule has 34 heavy (non-hydrogen) atoms. The maximum absolute atomic E-state index is 13.1. The van der Waals surface area contributed by atoms with E-state index in [1.54, 1.807) is 53.5 Å². The highest BCUT2D eigenvalue weighted by molar-refractivity contribution is 6.17. The van der Waals surface area contributed by atoms with E-state index in [4.69, 9.17) is 0 Å². The first-order valence-electron chi connectivity index (χ1n) is 11.1. The van der Waals surface area contributed by atoms with Gasteiger partial charge in [-0.25, -0.2) is 0 Å². The highest BCUT2D eigenvalue weighted by atomic mass is 16.2. The number of ketones is 1. The second-order valence-electron chi connectivity index (χ2n) is 8.26. The van der Waals surface area contributed by atoms with Crippen LogP contribution in [0.15, 0.2) is 103 Å². The normalized spacial score (nSPS) is 10.9. The van der Waals surface area contributed by atoms with Gasteiger partial charge in [0.15, 0.2) is 5.78 Å². The summed E-state index contributed by atoms with van der Waals surface area (Å²) in [7, 11) is 0. The molecule has 5 rings (SSSR count). The third-order valence-electron chi connectivity index (χ3n) is 5.83. The van der Waals surface area contributed by atoms with E-state index in [1.807, 2.05) is 37.3 Å². The number of fused-ring (bicyclic) bond motifs is 1. The topological polar surface area (TPSA) is 64.0 Å². The lowest BCUT2D eigenvalue weighted by molar-refractivity contribution is 0.0996. The highest BCUT2D eigenvalue weighted by Gasteiger charge is 2.18. The van der Waals surface area contributed by atoms with Gasteiger partial charge >= 0.3 is 0 Å². The van der Waals surface area contributed by atoms with Crippen molar-refractivity contribution in [3.8, 4) is 0 Å². The standard InChI is InChI=1S/C29H23N3O2/c1-20-13-15-22(16-14-20)28(33)26-11-4-5-12-27(26)29(34)31-24-17-30-32(19-24)18-23-9-6-8-21-7-2-3-10-25(21)23/h2-17,19H,18H2,1H3,(H,31,34). The molecule has 4 aromatic carbocycles. The molecule has 1 amide bonds. The molecule has 5 nitrogen and oxygen atoms in total. The molecule has 0 spiro atoms. The number of hydrogen-bond donors (Lipinski definition) is 1. The van der Waals surface area contributed by atoms with Gasteiger partial charge in [-0.2, -0.15) is 5.10 Å². The number of nitrogens with one attached hydrogen (secondary N) is 1. The summed E-state index contributed by atoms with van der Waals surface area (Å²) >= 11 is 0. The van der Waals surface area contributed by atoms with Crippen LogP contribution in [0.1, 0.15) is 37.4 Å². The van der Waals surface area contributed by atoms with Gasteiger partial charge in [0.2, 0.25) is 0 Å². The molecular formula is C29H23N3O2. The van der Waals surface area contributed by atoms with Gasteiger partial charge in [0.05, 0.1) is 24.0 Å². The van der Waals surface area contributed by atoms with Crippen molar-refractivity contribution in [2.24, 2.45) is 0 Å². The highest BCUT2D eigenvalue weighted by Crippen LogP contribution is 2.21. The second-order valence-corrected chi connectivity index (χ2v) is 8.26. The minimum absolute atomic E-state index is 0.183. The van der Waals surface area contributed by atoms with E-state index < -0.39 is 0 Å². The Balaban J connectivity index is 1.35. The number of anilines is 1. The molecule has 0 atom stereocenters. The van der Waals surface area contributed by atoms with E-state index in [-0.39, 0.29) is 11.7 Å². The van der Waals surface area contributed by atoms with Crippen LogP contribution in [0, 0.1) is 6.92 Å². The number of benzene rings is 4. The Bertz CT molecular complexity index is 1490. The first-order valence-corrected chi connectivity index (χ1v) is 11.1. The summed E-state index contributed by atoms with van der Waals surface area (Å²) in [6, 6.07) is 28.6. The Morgan fingerprint density at radius 3 is 2.35 bits per heavy atom. The molecule has 0 saturated carbocycles. The summed E-state index contributed by atoms with van der Waals surface area (Å²) in [5, 5.41) is 9.65. The number of carbonyl (C=O) groups excluding carboxylic acids is 2. The molecule has 1 aromatic heterocycles. The Morgan fingerprint density at radius 2 is 1.53 bits per heavy atom. The summed E-state index contributed by atoms with van der Waals surface area (Å²) in [6.07, 6.45) is 3.41. The number of aromatic nitrogens is 2. The summed E-state index contributed by atoms with van der Waals surface area (Å²) in [5.41, 5.74) is 4.04. The summed E-state index contributed by atoms with van der Waals surface area (Å²) in [4.78, 5) is 26.1. The molecule has 0 aliphatic carbocycles. The lowest BCUT2D eigenvalue weighted by Crippen LogP contribution is -2.16. The van der Waals surface area contributed by atoms with Crippen LogP contribution >= 0.6 is 0 Å². The van der Waals surface area contributed by atoms with Crippen molar-refractivity contribution in [1.29, 1.82) is 0 Å². The van der Waals surface area contributed by atoms with Crippen molar-refractivity contribution >= 4 is 28.2 Å². The number of aryl methyl sites for hydroxylation is 1. The zero-order valence-electron chi connectivity index (χ0n) is 18.7. The van der Waals surface area contributed by atoms with E-state index >= 15 is 0 Å². The molecule has 0 unspecified atom stereocenters.